The highest BCUT2D eigenvalue weighted by Gasteiger charge is 2.32. The Bertz CT molecular complexity index is 584. The molecule has 1 atom stereocenters. The topological polar surface area (TPSA) is 67.9 Å². The molecule has 0 bridgehead atoms. The highest BCUT2D eigenvalue weighted by molar-refractivity contribution is 5.66. The Hall–Kier alpha value is -2.51. The van der Waals surface area contributed by atoms with E-state index in [0.717, 1.165) is 12.1 Å². The smallest absolute Gasteiger partial charge is 0.416 e. The van der Waals surface area contributed by atoms with Crippen LogP contribution in [0.25, 0.3) is 0 Å². The van der Waals surface area contributed by atoms with Gasteiger partial charge in [-0.3, -0.25) is 0 Å². The summed E-state index contributed by atoms with van der Waals surface area (Å²) in [5.41, 5.74) is 4.32. The molecule has 0 aliphatic carbocycles. The van der Waals surface area contributed by atoms with Gasteiger partial charge in [-0.1, -0.05) is 12.1 Å². The van der Waals surface area contributed by atoms with E-state index in [1.807, 2.05) is 0 Å². The highest BCUT2D eigenvalue weighted by Crippen LogP contribution is 2.32. The molecule has 21 heavy (non-hydrogen) atoms. The van der Waals surface area contributed by atoms with Gasteiger partial charge in [0.05, 0.1) is 11.9 Å². The van der Waals surface area contributed by atoms with E-state index >= 15 is 0 Å². The van der Waals surface area contributed by atoms with Crippen LogP contribution in [0.1, 0.15) is 17.4 Å². The van der Waals surface area contributed by atoms with E-state index in [2.05, 4.69) is 4.99 Å². The molecule has 1 aromatic carbocycles. The van der Waals surface area contributed by atoms with Crippen LogP contribution in [0.4, 0.5) is 18.0 Å². The summed E-state index contributed by atoms with van der Waals surface area (Å²) in [7, 11) is 0. The lowest BCUT2D eigenvalue weighted by atomic mass is 10.1. The average Bonchev–Trinajstić information content (AvgIpc) is 2.45. The molecule has 1 amide bonds. The maximum Gasteiger partial charge on any atom is 0.416 e. The SMILES string of the molecule is NC(=O)OC(c1cccc(C(F)(F)F)c1)N1C=NC=CC1. The Morgan fingerprint density at radius 2 is 2.19 bits per heavy atom. The number of rotatable bonds is 3. The van der Waals surface area contributed by atoms with Crippen molar-refractivity contribution in [1.29, 1.82) is 0 Å². The van der Waals surface area contributed by atoms with Crippen LogP contribution in [0.3, 0.4) is 0 Å². The third-order valence-corrected chi connectivity index (χ3v) is 2.75. The molecule has 1 unspecified atom stereocenters. The van der Waals surface area contributed by atoms with Crippen molar-refractivity contribution < 1.29 is 22.7 Å². The van der Waals surface area contributed by atoms with Gasteiger partial charge in [-0.2, -0.15) is 13.2 Å². The third kappa shape index (κ3) is 3.74. The quantitative estimate of drug-likeness (QED) is 0.933. The molecule has 2 N–H and O–H groups in total. The summed E-state index contributed by atoms with van der Waals surface area (Å²) < 4.78 is 43.2. The van der Waals surface area contributed by atoms with Gasteiger partial charge >= 0.3 is 12.3 Å². The fourth-order valence-electron chi connectivity index (χ4n) is 1.86. The molecule has 0 aromatic heterocycles. The van der Waals surface area contributed by atoms with Gasteiger partial charge in [-0.25, -0.2) is 9.79 Å². The Morgan fingerprint density at radius 1 is 1.43 bits per heavy atom. The van der Waals surface area contributed by atoms with Gasteiger partial charge in [0.2, 0.25) is 6.23 Å². The molecule has 5 nitrogen and oxygen atoms in total. The first-order valence-corrected chi connectivity index (χ1v) is 5.95. The second-order valence-corrected chi connectivity index (χ2v) is 4.26. The number of alkyl halides is 3. The highest BCUT2D eigenvalue weighted by atomic mass is 19.4. The summed E-state index contributed by atoms with van der Waals surface area (Å²) in [5.74, 6) is 0. The number of hydrogen-bond donors (Lipinski definition) is 1. The Kier molecular flexibility index (Phi) is 4.15. The van der Waals surface area contributed by atoms with Crippen molar-refractivity contribution in [2.75, 3.05) is 6.54 Å². The van der Waals surface area contributed by atoms with E-state index in [4.69, 9.17) is 10.5 Å². The molecule has 8 heteroatoms. The number of amides is 1. The van der Waals surface area contributed by atoms with Crippen molar-refractivity contribution in [3.8, 4) is 0 Å². The molecule has 0 fully saturated rings. The number of aliphatic imine (C=N–C) groups is 1. The molecule has 0 saturated heterocycles. The van der Waals surface area contributed by atoms with Crippen LogP contribution in [0, 0.1) is 0 Å². The third-order valence-electron chi connectivity index (χ3n) is 2.75. The van der Waals surface area contributed by atoms with E-state index in [9.17, 15) is 18.0 Å². The molecule has 0 radical (unpaired) electrons. The first-order valence-electron chi connectivity index (χ1n) is 5.95. The van der Waals surface area contributed by atoms with Gasteiger partial charge in [0, 0.05) is 18.3 Å². The fourth-order valence-corrected chi connectivity index (χ4v) is 1.86. The summed E-state index contributed by atoms with van der Waals surface area (Å²) in [6.45, 7) is 0.331. The molecule has 1 aliphatic heterocycles. The number of carbonyl (C=O) groups excluding carboxylic acids is 1. The van der Waals surface area contributed by atoms with Crippen molar-refractivity contribution in [2.24, 2.45) is 10.7 Å². The predicted octanol–water partition coefficient (Wildman–Crippen LogP) is 2.66. The molecule has 1 aromatic rings. The number of nitrogens with zero attached hydrogens (tertiary/aromatic N) is 2. The van der Waals surface area contributed by atoms with Gasteiger partial charge < -0.3 is 15.4 Å². The van der Waals surface area contributed by atoms with E-state index < -0.39 is 24.1 Å². The number of benzene rings is 1. The van der Waals surface area contributed by atoms with Gasteiger partial charge in [0.25, 0.3) is 0 Å². The number of nitrogens with two attached hydrogens (primary N) is 1. The standard InChI is InChI=1S/C13H12F3N3O2/c14-13(15,16)10-4-1-3-9(7-10)11(21-12(17)20)19-6-2-5-18-8-19/h1-5,7-8,11H,6H2,(H2,17,20). The van der Waals surface area contributed by atoms with Crippen LogP contribution < -0.4 is 5.73 Å². The molecule has 1 heterocycles. The van der Waals surface area contributed by atoms with E-state index in [-0.39, 0.29) is 5.56 Å². The summed E-state index contributed by atoms with van der Waals surface area (Å²) in [4.78, 5) is 16.3. The van der Waals surface area contributed by atoms with Crippen LogP contribution in [-0.4, -0.2) is 23.9 Å². The second kappa shape index (κ2) is 5.86. The first-order chi connectivity index (χ1) is 9.88. The van der Waals surface area contributed by atoms with Gasteiger partial charge in [-0.15, -0.1) is 0 Å². The fraction of sp³-hybridized carbons (Fsp3) is 0.231. The molecule has 112 valence electrons. The van der Waals surface area contributed by atoms with Crippen LogP contribution in [0.15, 0.2) is 41.5 Å². The summed E-state index contributed by atoms with van der Waals surface area (Å²) in [5, 5.41) is 0. The van der Waals surface area contributed by atoms with Gasteiger partial charge in [-0.05, 0) is 18.2 Å². The second-order valence-electron chi connectivity index (χ2n) is 4.26. The molecular formula is C13H12F3N3O2. The Balaban J connectivity index is 2.34. The Labute approximate surface area is 118 Å². The lowest BCUT2D eigenvalue weighted by molar-refractivity contribution is -0.137. The van der Waals surface area contributed by atoms with Crippen molar-refractivity contribution in [2.45, 2.75) is 12.4 Å². The number of carbonyl (C=O) groups is 1. The molecule has 0 saturated carbocycles. The van der Waals surface area contributed by atoms with E-state index in [0.29, 0.717) is 6.54 Å². The number of hydrogen-bond acceptors (Lipinski definition) is 4. The number of ether oxygens (including phenoxy) is 1. The summed E-state index contributed by atoms with van der Waals surface area (Å²) in [6.07, 6.45) is -2.06. The monoisotopic (exact) mass is 299 g/mol. The molecule has 1 aliphatic rings. The van der Waals surface area contributed by atoms with Crippen molar-refractivity contribution >= 4 is 12.4 Å². The van der Waals surface area contributed by atoms with Crippen LogP contribution in [-0.2, 0) is 10.9 Å². The minimum Gasteiger partial charge on any atom is -0.421 e. The zero-order valence-corrected chi connectivity index (χ0v) is 10.7. The number of halogens is 3. The number of primary amides is 1. The van der Waals surface area contributed by atoms with E-state index in [1.165, 1.54) is 29.6 Å². The van der Waals surface area contributed by atoms with Crippen LogP contribution >= 0.6 is 0 Å². The largest absolute Gasteiger partial charge is 0.421 e. The summed E-state index contributed by atoms with van der Waals surface area (Å²) in [6, 6.07) is 4.52. The zero-order valence-electron chi connectivity index (χ0n) is 10.7. The lowest BCUT2D eigenvalue weighted by Gasteiger charge is -2.29. The molecule has 0 spiro atoms. The maximum absolute atomic E-state index is 12.8. The van der Waals surface area contributed by atoms with E-state index in [1.54, 1.807) is 6.08 Å². The Morgan fingerprint density at radius 3 is 2.76 bits per heavy atom. The van der Waals surface area contributed by atoms with Gasteiger partial charge in [0.15, 0.2) is 0 Å². The minimum atomic E-state index is -4.48. The van der Waals surface area contributed by atoms with Crippen molar-refractivity contribution in [1.82, 2.24) is 4.90 Å². The van der Waals surface area contributed by atoms with Crippen molar-refractivity contribution in [3.05, 3.63) is 47.7 Å². The summed E-state index contributed by atoms with van der Waals surface area (Å²) >= 11 is 0. The van der Waals surface area contributed by atoms with Crippen LogP contribution in [0.5, 0.6) is 0 Å². The maximum atomic E-state index is 12.8. The normalized spacial score (nSPS) is 15.9. The zero-order chi connectivity index (χ0) is 15.5. The van der Waals surface area contributed by atoms with Gasteiger partial charge in [0.1, 0.15) is 0 Å². The van der Waals surface area contributed by atoms with Crippen molar-refractivity contribution in [3.63, 3.8) is 0 Å². The molecule has 2 rings (SSSR count). The lowest BCUT2D eigenvalue weighted by Crippen LogP contribution is -2.34. The predicted molar refractivity (Wildman–Crippen MR) is 69.2 cm³/mol. The van der Waals surface area contributed by atoms with Crippen LogP contribution in [0.2, 0.25) is 0 Å². The first kappa shape index (κ1) is 14.9. The average molecular weight is 299 g/mol. The molecular weight excluding hydrogens is 287 g/mol. The minimum absolute atomic E-state index is 0.158.